The Morgan fingerprint density at radius 3 is 2.69 bits per heavy atom. The van der Waals surface area contributed by atoms with Gasteiger partial charge in [0.25, 0.3) is 0 Å². The SMILES string of the molecule is O=S1(=O)CCC(Oc2cc(F)cc(Br)c2)C1. The third-order valence-electron chi connectivity index (χ3n) is 2.33. The van der Waals surface area contributed by atoms with Gasteiger partial charge in [0.15, 0.2) is 9.84 Å². The van der Waals surface area contributed by atoms with E-state index < -0.39 is 15.7 Å². The van der Waals surface area contributed by atoms with Crippen molar-refractivity contribution < 1.29 is 17.5 Å². The van der Waals surface area contributed by atoms with Crippen molar-refractivity contribution in [3.05, 3.63) is 28.5 Å². The second-order valence-electron chi connectivity index (χ2n) is 3.75. The first-order valence-corrected chi connectivity index (χ1v) is 7.39. The minimum absolute atomic E-state index is 0.0150. The van der Waals surface area contributed by atoms with Crippen LogP contribution in [0.3, 0.4) is 0 Å². The van der Waals surface area contributed by atoms with Gasteiger partial charge < -0.3 is 4.74 Å². The Labute approximate surface area is 102 Å². The summed E-state index contributed by atoms with van der Waals surface area (Å²) in [4.78, 5) is 0. The third-order valence-corrected chi connectivity index (χ3v) is 4.52. The monoisotopic (exact) mass is 308 g/mol. The van der Waals surface area contributed by atoms with E-state index in [2.05, 4.69) is 15.9 Å². The van der Waals surface area contributed by atoms with Crippen LogP contribution in [0.5, 0.6) is 5.75 Å². The van der Waals surface area contributed by atoms with E-state index in [0.717, 1.165) is 0 Å². The van der Waals surface area contributed by atoms with Gasteiger partial charge in [0, 0.05) is 10.5 Å². The van der Waals surface area contributed by atoms with E-state index in [1.807, 2.05) is 0 Å². The Balaban J connectivity index is 2.10. The van der Waals surface area contributed by atoms with Gasteiger partial charge in [0.2, 0.25) is 0 Å². The van der Waals surface area contributed by atoms with Crippen molar-refractivity contribution in [2.75, 3.05) is 11.5 Å². The zero-order chi connectivity index (χ0) is 11.8. The number of rotatable bonds is 2. The largest absolute Gasteiger partial charge is 0.489 e. The Hall–Kier alpha value is -0.620. The lowest BCUT2D eigenvalue weighted by Gasteiger charge is -2.12. The van der Waals surface area contributed by atoms with Crippen molar-refractivity contribution >= 4 is 25.8 Å². The molecule has 0 amide bonds. The summed E-state index contributed by atoms with van der Waals surface area (Å²) in [5, 5.41) is 0. The van der Waals surface area contributed by atoms with E-state index in [0.29, 0.717) is 16.6 Å². The van der Waals surface area contributed by atoms with Gasteiger partial charge in [0.05, 0.1) is 11.5 Å². The van der Waals surface area contributed by atoms with Gasteiger partial charge >= 0.3 is 0 Å². The van der Waals surface area contributed by atoms with Crippen molar-refractivity contribution in [2.45, 2.75) is 12.5 Å². The molecule has 88 valence electrons. The molecule has 6 heteroatoms. The molecule has 0 aliphatic carbocycles. The van der Waals surface area contributed by atoms with Crippen LogP contribution in [0.2, 0.25) is 0 Å². The minimum atomic E-state index is -2.97. The van der Waals surface area contributed by atoms with Crippen LogP contribution in [0.15, 0.2) is 22.7 Å². The highest BCUT2D eigenvalue weighted by molar-refractivity contribution is 9.10. The van der Waals surface area contributed by atoms with Crippen LogP contribution in [0.25, 0.3) is 0 Å². The number of sulfone groups is 1. The summed E-state index contributed by atoms with van der Waals surface area (Å²) in [6.07, 6.45) is 0.106. The van der Waals surface area contributed by atoms with Crippen LogP contribution in [0, 0.1) is 5.82 Å². The molecule has 1 atom stereocenters. The molecule has 0 aromatic heterocycles. The van der Waals surface area contributed by atoms with Crippen LogP contribution in [-0.2, 0) is 9.84 Å². The molecule has 0 N–H and O–H groups in total. The molecule has 1 saturated heterocycles. The van der Waals surface area contributed by atoms with Crippen LogP contribution >= 0.6 is 15.9 Å². The normalized spacial score (nSPS) is 23.2. The van der Waals surface area contributed by atoms with Gasteiger partial charge in [-0.1, -0.05) is 15.9 Å². The van der Waals surface area contributed by atoms with E-state index in [9.17, 15) is 12.8 Å². The summed E-state index contributed by atoms with van der Waals surface area (Å²) >= 11 is 3.15. The summed E-state index contributed by atoms with van der Waals surface area (Å²) in [5.41, 5.74) is 0. The standard InChI is InChI=1S/C10H10BrFO3S/c11-7-3-8(12)5-10(4-7)15-9-1-2-16(13,14)6-9/h3-5,9H,1-2,6H2. The quantitative estimate of drug-likeness (QED) is 0.841. The van der Waals surface area contributed by atoms with Crippen molar-refractivity contribution in [3.8, 4) is 5.75 Å². The molecule has 0 bridgehead atoms. The zero-order valence-corrected chi connectivity index (χ0v) is 10.7. The lowest BCUT2D eigenvalue weighted by Crippen LogP contribution is -2.17. The molecule has 1 aromatic rings. The average molecular weight is 309 g/mol. The predicted molar refractivity (Wildman–Crippen MR) is 61.8 cm³/mol. The minimum Gasteiger partial charge on any atom is -0.489 e. The van der Waals surface area contributed by atoms with Crippen LogP contribution in [0.4, 0.5) is 4.39 Å². The maximum atomic E-state index is 13.0. The lowest BCUT2D eigenvalue weighted by atomic mass is 10.3. The van der Waals surface area contributed by atoms with Crippen molar-refractivity contribution in [1.82, 2.24) is 0 Å². The third kappa shape index (κ3) is 2.95. The topological polar surface area (TPSA) is 43.4 Å². The first-order chi connectivity index (χ1) is 7.44. The van der Waals surface area contributed by atoms with Crippen LogP contribution in [0.1, 0.15) is 6.42 Å². The Bertz CT molecular complexity index is 481. The molecule has 1 heterocycles. The lowest BCUT2D eigenvalue weighted by molar-refractivity contribution is 0.228. The molecule has 1 unspecified atom stereocenters. The van der Waals surface area contributed by atoms with Crippen LogP contribution < -0.4 is 4.74 Å². The second kappa shape index (κ2) is 4.33. The van der Waals surface area contributed by atoms with Gasteiger partial charge in [-0.15, -0.1) is 0 Å². The van der Waals surface area contributed by atoms with E-state index in [1.165, 1.54) is 12.1 Å². The molecule has 0 spiro atoms. The zero-order valence-electron chi connectivity index (χ0n) is 8.32. The van der Waals surface area contributed by atoms with Gasteiger partial charge in [0.1, 0.15) is 17.7 Å². The van der Waals surface area contributed by atoms with E-state index in [1.54, 1.807) is 6.07 Å². The van der Waals surface area contributed by atoms with E-state index in [-0.39, 0.29) is 17.6 Å². The van der Waals surface area contributed by atoms with Crippen LogP contribution in [-0.4, -0.2) is 26.0 Å². The summed E-state index contributed by atoms with van der Waals surface area (Å²) in [7, 11) is -2.97. The molecule has 1 aliphatic rings. The first-order valence-electron chi connectivity index (χ1n) is 4.78. The molecular weight excluding hydrogens is 299 g/mol. The number of halogens is 2. The van der Waals surface area contributed by atoms with Crippen molar-refractivity contribution in [3.63, 3.8) is 0 Å². The highest BCUT2D eigenvalue weighted by Crippen LogP contribution is 2.24. The summed E-state index contributed by atoms with van der Waals surface area (Å²) in [5.74, 6) is 0.106. The van der Waals surface area contributed by atoms with Gasteiger partial charge in [-0.05, 0) is 18.6 Å². The van der Waals surface area contributed by atoms with Gasteiger partial charge in [-0.25, -0.2) is 12.8 Å². The number of ether oxygens (including phenoxy) is 1. The molecule has 1 aromatic carbocycles. The summed E-state index contributed by atoms with van der Waals surface area (Å²) in [6, 6.07) is 4.18. The molecular formula is C10H10BrFO3S. The number of hydrogen-bond donors (Lipinski definition) is 0. The molecule has 3 nitrogen and oxygen atoms in total. The Morgan fingerprint density at radius 1 is 1.38 bits per heavy atom. The molecule has 0 saturated carbocycles. The molecule has 2 rings (SSSR count). The smallest absolute Gasteiger partial charge is 0.154 e. The van der Waals surface area contributed by atoms with E-state index in [4.69, 9.17) is 4.74 Å². The van der Waals surface area contributed by atoms with Crippen molar-refractivity contribution in [1.29, 1.82) is 0 Å². The first kappa shape index (κ1) is 11.9. The number of hydrogen-bond acceptors (Lipinski definition) is 3. The summed E-state index contributed by atoms with van der Waals surface area (Å²) < 4.78 is 41.4. The van der Waals surface area contributed by atoms with Gasteiger partial charge in [-0.2, -0.15) is 0 Å². The van der Waals surface area contributed by atoms with Gasteiger partial charge in [-0.3, -0.25) is 0 Å². The molecule has 1 aliphatic heterocycles. The maximum absolute atomic E-state index is 13.0. The highest BCUT2D eigenvalue weighted by Gasteiger charge is 2.29. The number of benzene rings is 1. The fourth-order valence-corrected chi connectivity index (χ4v) is 3.68. The molecule has 0 radical (unpaired) electrons. The van der Waals surface area contributed by atoms with E-state index >= 15 is 0 Å². The molecule has 16 heavy (non-hydrogen) atoms. The highest BCUT2D eigenvalue weighted by atomic mass is 79.9. The Kier molecular flexibility index (Phi) is 3.21. The average Bonchev–Trinajstić information content (AvgIpc) is 2.43. The van der Waals surface area contributed by atoms with Crippen molar-refractivity contribution in [2.24, 2.45) is 0 Å². The Morgan fingerprint density at radius 2 is 2.12 bits per heavy atom. The molecule has 1 fully saturated rings. The second-order valence-corrected chi connectivity index (χ2v) is 6.89. The maximum Gasteiger partial charge on any atom is 0.154 e. The fourth-order valence-electron chi connectivity index (χ4n) is 1.64. The predicted octanol–water partition coefficient (Wildman–Crippen LogP) is 2.15. The fraction of sp³-hybridized carbons (Fsp3) is 0.400. The summed E-state index contributed by atoms with van der Waals surface area (Å²) in [6.45, 7) is 0.